The zero-order valence-electron chi connectivity index (χ0n) is 6.48. The van der Waals surface area contributed by atoms with Crippen molar-refractivity contribution in [1.82, 2.24) is 0 Å². The maximum Gasteiger partial charge on any atom is 2.00 e. The van der Waals surface area contributed by atoms with Gasteiger partial charge in [0.25, 0.3) is 0 Å². The van der Waals surface area contributed by atoms with E-state index < -0.39 is 11.9 Å². The third-order valence-corrected chi connectivity index (χ3v) is 0.515. The van der Waals surface area contributed by atoms with Crippen molar-refractivity contribution in [2.75, 3.05) is 0 Å². The molecule has 0 aliphatic heterocycles. The third kappa shape index (κ3) is 23.1. The van der Waals surface area contributed by atoms with Crippen LogP contribution >= 0.6 is 0 Å². The van der Waals surface area contributed by atoms with Gasteiger partial charge in [-0.25, -0.2) is 0 Å². The molecule has 0 aliphatic rings. The van der Waals surface area contributed by atoms with Crippen molar-refractivity contribution in [3.8, 4) is 0 Å². The average molecular weight is 212 g/mol. The van der Waals surface area contributed by atoms with Gasteiger partial charge in [-0.2, -0.15) is 0 Å². The molecule has 0 atom stereocenters. The summed E-state index contributed by atoms with van der Waals surface area (Å²) in [6.45, 7) is 7.38. The van der Waals surface area contributed by atoms with Gasteiger partial charge in [0.2, 0.25) is 0 Å². The maximum atomic E-state index is 9.49. The normalized spacial score (nSPS) is 6.42. The summed E-state index contributed by atoms with van der Waals surface area (Å²) in [5.41, 5.74) is 0.0648. The molecule has 0 amide bonds. The molecule has 0 spiro atoms. The zero-order valence-corrected chi connectivity index (χ0v) is 7.58. The van der Waals surface area contributed by atoms with Crippen LogP contribution in [0.15, 0.2) is 24.8 Å². The summed E-state index contributed by atoms with van der Waals surface area (Å²) in [5.74, 6) is -2.42. The molecule has 12 heavy (non-hydrogen) atoms. The molecule has 5 heteroatoms. The summed E-state index contributed by atoms with van der Waals surface area (Å²) in [4.78, 5) is 18.6. The van der Waals surface area contributed by atoms with E-state index in [2.05, 4.69) is 13.2 Å². The molecule has 0 rings (SSSR count). The van der Waals surface area contributed by atoms with Crippen LogP contribution in [0.25, 0.3) is 0 Å². The number of rotatable bonds is 2. The van der Waals surface area contributed by atoms with Crippen LogP contribution in [0, 0.1) is 0 Å². The van der Waals surface area contributed by atoms with E-state index in [0.717, 1.165) is 6.08 Å². The van der Waals surface area contributed by atoms with Gasteiger partial charge < -0.3 is 19.8 Å². The second-order valence-electron chi connectivity index (χ2n) is 1.59. The average Bonchev–Trinajstić information content (AvgIpc) is 1.89. The fraction of sp³-hybridized carbons (Fsp3) is 0.143. The summed E-state index contributed by atoms with van der Waals surface area (Å²) < 4.78 is 0. The van der Waals surface area contributed by atoms with Gasteiger partial charge in [0, 0.05) is 0 Å². The fourth-order valence-electron chi connectivity index (χ4n) is 0. The molecule has 0 saturated heterocycles. The molecule has 0 heterocycles. The third-order valence-electron chi connectivity index (χ3n) is 0.515. The van der Waals surface area contributed by atoms with Gasteiger partial charge in [-0.3, -0.25) is 0 Å². The van der Waals surface area contributed by atoms with Gasteiger partial charge in [0.05, 0.1) is 11.9 Å². The number of carbonyl (C=O) groups is 2. The van der Waals surface area contributed by atoms with Crippen LogP contribution in [-0.4, -0.2) is 11.9 Å². The summed E-state index contributed by atoms with van der Waals surface area (Å²) >= 11 is 0. The molecule has 0 N–H and O–H groups in total. The van der Waals surface area contributed by atoms with Gasteiger partial charge in [0.15, 0.2) is 0 Å². The minimum atomic E-state index is -1.23. The second-order valence-corrected chi connectivity index (χ2v) is 1.59. The van der Waals surface area contributed by atoms with E-state index in [9.17, 15) is 9.90 Å². The molecule has 0 bridgehead atoms. The van der Waals surface area contributed by atoms with Crippen molar-refractivity contribution < 1.29 is 36.9 Å². The van der Waals surface area contributed by atoms with Crippen molar-refractivity contribution in [2.24, 2.45) is 0 Å². The molecule has 68 valence electrons. The van der Waals surface area contributed by atoms with Gasteiger partial charge in [0.1, 0.15) is 0 Å². The van der Waals surface area contributed by atoms with Gasteiger partial charge in [-0.1, -0.05) is 13.2 Å². The largest absolute Gasteiger partial charge is 2.00 e. The van der Waals surface area contributed by atoms with E-state index in [1.165, 1.54) is 6.92 Å². The predicted octanol–water partition coefficient (Wildman–Crippen LogP) is -1.77. The van der Waals surface area contributed by atoms with Crippen molar-refractivity contribution in [3.63, 3.8) is 0 Å². The summed E-state index contributed by atoms with van der Waals surface area (Å²) in [6, 6.07) is 0. The van der Waals surface area contributed by atoms with Crippen LogP contribution in [0.1, 0.15) is 6.92 Å². The smallest absolute Gasteiger partial charge is 0.545 e. The minimum Gasteiger partial charge on any atom is -0.545 e. The summed E-state index contributed by atoms with van der Waals surface area (Å²) in [7, 11) is 0. The molecule has 4 nitrogen and oxygen atoms in total. The molecule has 0 unspecified atom stereocenters. The van der Waals surface area contributed by atoms with Crippen LogP contribution < -0.4 is 10.2 Å². The minimum absolute atomic E-state index is 0. The van der Waals surface area contributed by atoms with Crippen LogP contribution in [0.3, 0.4) is 0 Å². The fourth-order valence-corrected chi connectivity index (χ4v) is 0. The first kappa shape index (κ1) is 17.1. The zero-order chi connectivity index (χ0) is 9.44. The first-order valence-corrected chi connectivity index (χ1v) is 2.62. The first-order valence-electron chi connectivity index (χ1n) is 2.62. The summed E-state index contributed by atoms with van der Waals surface area (Å²) in [5, 5.41) is 18.6. The molecule has 0 aromatic rings. The van der Waals surface area contributed by atoms with Gasteiger partial charge in [-0.05, 0) is 18.6 Å². The molecule has 0 aromatic heterocycles. The van der Waals surface area contributed by atoms with E-state index in [1.54, 1.807) is 0 Å². The Kier molecular flexibility index (Phi) is 14.2. The van der Waals surface area contributed by atoms with Crippen molar-refractivity contribution in [1.29, 1.82) is 0 Å². The quantitative estimate of drug-likeness (QED) is 0.400. The Bertz CT molecular complexity index is 174. The van der Waals surface area contributed by atoms with Gasteiger partial charge in [-0.15, -0.1) is 0 Å². The number of carbonyl (C=O) groups excluding carboxylic acids is 2. The Morgan fingerprint density at radius 3 is 1.50 bits per heavy atom. The van der Waals surface area contributed by atoms with E-state index >= 15 is 0 Å². The Balaban J connectivity index is -0.000000126. The van der Waals surface area contributed by atoms with E-state index in [1.807, 2.05) is 0 Å². The van der Waals surface area contributed by atoms with Gasteiger partial charge >= 0.3 is 17.1 Å². The molecular weight excluding hydrogens is 204 g/mol. The first-order chi connectivity index (χ1) is 4.91. The van der Waals surface area contributed by atoms with E-state index in [0.29, 0.717) is 0 Å². The van der Waals surface area contributed by atoms with Crippen molar-refractivity contribution in [3.05, 3.63) is 24.8 Å². The number of carboxylic acid groups (broad SMARTS) is 2. The van der Waals surface area contributed by atoms with Crippen LogP contribution in [0.2, 0.25) is 0 Å². The number of carboxylic acids is 2. The maximum absolute atomic E-state index is 9.49. The molecule has 0 aromatic carbocycles. The van der Waals surface area contributed by atoms with Crippen LogP contribution in [-0.2, 0) is 26.7 Å². The molecule has 0 radical (unpaired) electrons. The van der Waals surface area contributed by atoms with E-state index in [-0.39, 0.29) is 22.6 Å². The standard InChI is InChI=1S/C4H6O2.C3H4O2.Fe/c1-3(2)4(5)6;1-2-3(4)5;/h1H2,2H3,(H,5,6);2H,1H2,(H,4,5);/q;;+2/p-2. The Morgan fingerprint density at radius 1 is 1.33 bits per heavy atom. The topological polar surface area (TPSA) is 80.3 Å². The van der Waals surface area contributed by atoms with Crippen LogP contribution in [0.4, 0.5) is 0 Å². The summed E-state index contributed by atoms with van der Waals surface area (Å²) in [6.07, 6.45) is 0.722. The number of hydrogen-bond acceptors (Lipinski definition) is 4. The van der Waals surface area contributed by atoms with E-state index in [4.69, 9.17) is 9.90 Å². The molecule has 0 aliphatic carbocycles. The number of aliphatic carboxylic acids is 2. The molecule has 0 fully saturated rings. The SMILES string of the molecule is C=C(C)C(=O)[O-].C=CC(=O)[O-].[Fe+2]. The Labute approximate surface area is 81.1 Å². The van der Waals surface area contributed by atoms with Crippen molar-refractivity contribution >= 4 is 11.9 Å². The molecule has 0 saturated carbocycles. The Morgan fingerprint density at radius 2 is 1.50 bits per heavy atom. The number of hydrogen-bond donors (Lipinski definition) is 0. The van der Waals surface area contributed by atoms with Crippen molar-refractivity contribution in [2.45, 2.75) is 6.92 Å². The Hall–Kier alpha value is -1.06. The monoisotopic (exact) mass is 212 g/mol. The predicted molar refractivity (Wildman–Crippen MR) is 35.0 cm³/mol. The second kappa shape index (κ2) is 9.94. The molecular formula is C7H8FeO4. The van der Waals surface area contributed by atoms with Crippen LogP contribution in [0.5, 0.6) is 0 Å².